The normalized spacial score (nSPS) is 23.4. The van der Waals surface area contributed by atoms with Gasteiger partial charge in [0.15, 0.2) is 22.4 Å². The number of carbonyl (C=O) groups is 2. The van der Waals surface area contributed by atoms with Gasteiger partial charge in [-0.1, -0.05) is 86.5 Å². The molecule has 1 aliphatic rings. The van der Waals surface area contributed by atoms with Gasteiger partial charge in [0.1, 0.15) is 11.7 Å². The van der Waals surface area contributed by atoms with Crippen molar-refractivity contribution >= 4 is 28.4 Å². The van der Waals surface area contributed by atoms with Gasteiger partial charge in [-0.2, -0.15) is 0 Å². The fourth-order valence-corrected chi connectivity index (χ4v) is 13.4. The molecule has 278 valence electrons. The van der Waals surface area contributed by atoms with Gasteiger partial charge in [0.2, 0.25) is 0 Å². The summed E-state index contributed by atoms with van der Waals surface area (Å²) in [5, 5.41) is 0. The molecule has 1 rings (SSSR count). The van der Waals surface area contributed by atoms with E-state index < -0.39 is 22.2 Å². The third kappa shape index (κ3) is 13.1. The number of esters is 1. The summed E-state index contributed by atoms with van der Waals surface area (Å²) in [6, 6.07) is 6.00. The molecule has 1 fully saturated rings. The minimum atomic E-state index is -2.16. The van der Waals surface area contributed by atoms with E-state index in [4.69, 9.17) is 18.3 Å². The third-order valence-electron chi connectivity index (χ3n) is 11.3. The van der Waals surface area contributed by atoms with Crippen LogP contribution >= 0.6 is 0 Å². The van der Waals surface area contributed by atoms with Crippen LogP contribution in [0.3, 0.4) is 0 Å². The first-order valence-electron chi connectivity index (χ1n) is 19.2. The van der Waals surface area contributed by atoms with Crippen molar-refractivity contribution in [2.45, 2.75) is 194 Å². The Balaban J connectivity index is 3.24. The molecule has 0 amide bonds. The lowest BCUT2D eigenvalue weighted by Crippen LogP contribution is -2.54. The summed E-state index contributed by atoms with van der Waals surface area (Å²) in [6.45, 7) is 33.9. The summed E-state index contributed by atoms with van der Waals surface area (Å²) in [5.74, 6) is -0.389. The Morgan fingerprint density at radius 3 is 2.04 bits per heavy atom. The lowest BCUT2D eigenvalue weighted by molar-refractivity contribution is -0.146. The fourth-order valence-electron chi connectivity index (χ4n) is 7.34. The molecule has 0 saturated carbocycles. The Morgan fingerprint density at radius 2 is 1.56 bits per heavy atom. The van der Waals surface area contributed by atoms with E-state index in [0.29, 0.717) is 12.8 Å². The number of hydrogen-bond acceptors (Lipinski definition) is 6. The van der Waals surface area contributed by atoms with Crippen LogP contribution in [0.4, 0.5) is 0 Å². The van der Waals surface area contributed by atoms with E-state index in [2.05, 4.69) is 75.5 Å². The van der Waals surface area contributed by atoms with Crippen molar-refractivity contribution in [3.05, 3.63) is 37.0 Å². The lowest BCUT2D eigenvalue weighted by atomic mass is 9.85. The predicted octanol–water partition coefficient (Wildman–Crippen LogP) is 11.1. The molecule has 7 atom stereocenters. The van der Waals surface area contributed by atoms with E-state index in [1.54, 1.807) is 0 Å². The molecule has 0 N–H and O–H groups in total. The number of allylic oxidation sites excluding steroid dienone is 2. The van der Waals surface area contributed by atoms with Gasteiger partial charge in [-0.05, 0) is 88.1 Å². The average Bonchev–Trinajstić information content (AvgIpc) is 3.37. The second-order valence-electron chi connectivity index (χ2n) is 15.3. The minimum Gasteiger partial charge on any atom is -0.456 e. The Kier molecular flexibility index (Phi) is 19.1. The molecule has 0 aromatic carbocycles. The van der Waals surface area contributed by atoms with Crippen LogP contribution in [0, 0.1) is 11.8 Å². The first kappa shape index (κ1) is 44.7. The van der Waals surface area contributed by atoms with Gasteiger partial charge in [0, 0.05) is 25.3 Å². The number of hydrogen-bond donors (Lipinski definition) is 0. The van der Waals surface area contributed by atoms with Gasteiger partial charge in [-0.25, -0.2) is 4.79 Å². The summed E-state index contributed by atoms with van der Waals surface area (Å²) in [4.78, 5) is 27.5. The maximum Gasteiger partial charge on any atom is 0.330 e. The molecule has 0 aliphatic carbocycles. The molecular weight excluding hydrogens is 633 g/mol. The maximum atomic E-state index is 14.4. The standard InChI is InChI=1S/C40H74O6Si2/c1-15-27-39(13)29-36(34(44-39)25-23-31(9)10)43-38(42)26-24-32(11)28-37(41)40(14,46-48(20-6,21-7)22-8)30-35(33(12)16-2)45-47(17-3,18-4)19-5/h16,24,26,32-36H,2,9,15,17-23,25,27-30H2,1,3-8,10-14H3/b26-24+/t32-,33-,34+,35+,36-,39-,40-/m1/s1. The van der Waals surface area contributed by atoms with Crippen LogP contribution in [0.15, 0.2) is 37.0 Å². The topological polar surface area (TPSA) is 71.1 Å². The summed E-state index contributed by atoms with van der Waals surface area (Å²) in [7, 11) is -4.12. The van der Waals surface area contributed by atoms with Crippen molar-refractivity contribution < 1.29 is 27.9 Å². The molecule has 48 heavy (non-hydrogen) atoms. The van der Waals surface area contributed by atoms with Crippen molar-refractivity contribution in [2.75, 3.05) is 0 Å². The number of ether oxygens (including phenoxy) is 2. The van der Waals surface area contributed by atoms with Gasteiger partial charge < -0.3 is 18.3 Å². The second-order valence-corrected chi connectivity index (χ2v) is 24.7. The lowest BCUT2D eigenvalue weighted by Gasteiger charge is -2.44. The highest BCUT2D eigenvalue weighted by Crippen LogP contribution is 2.39. The zero-order chi connectivity index (χ0) is 36.8. The van der Waals surface area contributed by atoms with Gasteiger partial charge in [-0.3, -0.25) is 4.79 Å². The van der Waals surface area contributed by atoms with Crippen molar-refractivity contribution in [1.29, 1.82) is 0 Å². The molecule has 1 heterocycles. The van der Waals surface area contributed by atoms with Crippen LogP contribution in [0.2, 0.25) is 36.3 Å². The molecule has 0 aromatic heterocycles. The SMILES string of the molecule is C=C[C@@H](C)[C@H](C[C@@](C)(O[Si](CC)(CC)CC)C(=O)C[C@H](C)/C=C/C(=O)O[C@@H]1C[C@@](C)(CCC)O[C@H]1CCC(=C)C)O[Si](CC)(CC)CC. The van der Waals surface area contributed by atoms with Crippen molar-refractivity contribution in [3.8, 4) is 0 Å². The first-order valence-corrected chi connectivity index (χ1v) is 24.3. The van der Waals surface area contributed by atoms with E-state index >= 15 is 0 Å². The summed E-state index contributed by atoms with van der Waals surface area (Å²) >= 11 is 0. The fraction of sp³-hybridized carbons (Fsp3) is 0.800. The summed E-state index contributed by atoms with van der Waals surface area (Å²) in [5.41, 5.74) is -0.187. The highest BCUT2D eigenvalue weighted by Gasteiger charge is 2.47. The number of rotatable bonds is 25. The number of ketones is 1. The quantitative estimate of drug-likeness (QED) is 0.0407. The van der Waals surface area contributed by atoms with Gasteiger partial charge in [-0.15, -0.1) is 13.2 Å². The Labute approximate surface area is 298 Å². The van der Waals surface area contributed by atoms with Gasteiger partial charge in [0.05, 0.1) is 17.8 Å². The van der Waals surface area contributed by atoms with Crippen LogP contribution in [-0.2, 0) is 27.9 Å². The van der Waals surface area contributed by atoms with Crippen molar-refractivity contribution in [3.63, 3.8) is 0 Å². The van der Waals surface area contributed by atoms with Crippen LogP contribution < -0.4 is 0 Å². The van der Waals surface area contributed by atoms with Gasteiger partial charge in [0.25, 0.3) is 0 Å². The maximum absolute atomic E-state index is 14.4. The average molecular weight is 707 g/mol. The van der Waals surface area contributed by atoms with Crippen LogP contribution in [0.25, 0.3) is 0 Å². The highest BCUT2D eigenvalue weighted by molar-refractivity contribution is 6.74. The Morgan fingerprint density at radius 1 is 1.00 bits per heavy atom. The van der Waals surface area contributed by atoms with E-state index in [0.717, 1.165) is 67.5 Å². The van der Waals surface area contributed by atoms with Crippen molar-refractivity contribution in [1.82, 2.24) is 0 Å². The van der Waals surface area contributed by atoms with E-state index in [1.807, 2.05) is 32.9 Å². The molecule has 0 unspecified atom stereocenters. The first-order chi connectivity index (χ1) is 22.5. The predicted molar refractivity (Wildman–Crippen MR) is 207 cm³/mol. The van der Waals surface area contributed by atoms with Crippen molar-refractivity contribution in [2.24, 2.45) is 11.8 Å². The molecular formula is C40H74O6Si2. The number of Topliss-reactive ketones (excluding diaryl/α,β-unsaturated/α-hetero) is 1. The zero-order valence-electron chi connectivity index (χ0n) is 33.2. The molecule has 0 aromatic rings. The Hall–Kier alpha value is -1.33. The third-order valence-corrected chi connectivity index (χ3v) is 20.7. The van der Waals surface area contributed by atoms with E-state index in [-0.39, 0.29) is 53.9 Å². The molecule has 1 saturated heterocycles. The van der Waals surface area contributed by atoms with Gasteiger partial charge >= 0.3 is 5.97 Å². The van der Waals surface area contributed by atoms with Crippen LogP contribution in [0.1, 0.15) is 128 Å². The van der Waals surface area contributed by atoms with E-state index in [9.17, 15) is 9.59 Å². The van der Waals surface area contributed by atoms with E-state index in [1.165, 1.54) is 6.08 Å². The summed E-state index contributed by atoms with van der Waals surface area (Å²) < 4.78 is 26.6. The monoisotopic (exact) mass is 707 g/mol. The highest BCUT2D eigenvalue weighted by atomic mass is 28.4. The number of carbonyl (C=O) groups excluding carboxylic acids is 2. The second kappa shape index (κ2) is 20.5. The molecule has 6 nitrogen and oxygen atoms in total. The van der Waals surface area contributed by atoms with Crippen LogP contribution in [-0.4, -0.2) is 57.9 Å². The largest absolute Gasteiger partial charge is 0.456 e. The molecule has 8 heteroatoms. The zero-order valence-corrected chi connectivity index (χ0v) is 35.2. The molecule has 0 radical (unpaired) electrons. The molecule has 0 spiro atoms. The van der Waals surface area contributed by atoms with Crippen LogP contribution in [0.5, 0.6) is 0 Å². The Bertz CT molecular complexity index is 1030. The summed E-state index contributed by atoms with van der Waals surface area (Å²) in [6.07, 6.45) is 9.71. The molecule has 1 aliphatic heterocycles. The minimum absolute atomic E-state index is 0.0706. The molecule has 0 bridgehead atoms. The smallest absolute Gasteiger partial charge is 0.330 e.